The fourth-order valence-electron chi connectivity index (χ4n) is 2.42. The van der Waals surface area contributed by atoms with Gasteiger partial charge >= 0.3 is 0 Å². The van der Waals surface area contributed by atoms with Crippen LogP contribution in [-0.2, 0) is 0 Å². The molecule has 1 aliphatic carbocycles. The molecular weight excluding hydrogens is 190 g/mol. The van der Waals surface area contributed by atoms with Crippen LogP contribution in [0.5, 0.6) is 0 Å². The maximum atomic E-state index is 3.66. The Labute approximate surface area is 93.4 Å². The van der Waals surface area contributed by atoms with E-state index in [9.17, 15) is 0 Å². The van der Waals surface area contributed by atoms with E-state index in [0.717, 1.165) is 6.04 Å². The summed E-state index contributed by atoms with van der Waals surface area (Å²) < 4.78 is 0. The first kappa shape index (κ1) is 12.4. The lowest BCUT2D eigenvalue weighted by Gasteiger charge is -2.23. The number of thioether (sulfide) groups is 1. The van der Waals surface area contributed by atoms with Crippen LogP contribution in [0.25, 0.3) is 0 Å². The summed E-state index contributed by atoms with van der Waals surface area (Å²) in [6.45, 7) is 5.91. The van der Waals surface area contributed by atoms with Crippen molar-refractivity contribution in [1.82, 2.24) is 5.32 Å². The molecule has 2 unspecified atom stereocenters. The molecule has 84 valence electrons. The Bertz CT molecular complexity index is 160. The predicted octanol–water partition coefficient (Wildman–Crippen LogP) is 3.30. The number of rotatable bonds is 6. The van der Waals surface area contributed by atoms with Gasteiger partial charge in [-0.2, -0.15) is 11.8 Å². The topological polar surface area (TPSA) is 12.0 Å². The molecule has 1 N–H and O–H groups in total. The second-order valence-electron chi connectivity index (χ2n) is 4.95. The summed E-state index contributed by atoms with van der Waals surface area (Å²) in [4.78, 5) is 0. The van der Waals surface area contributed by atoms with Crippen LogP contribution in [0.4, 0.5) is 0 Å². The van der Waals surface area contributed by atoms with Crippen LogP contribution in [0.3, 0.4) is 0 Å². The first-order chi connectivity index (χ1) is 6.70. The first-order valence-corrected chi connectivity index (χ1v) is 7.32. The lowest BCUT2D eigenvalue weighted by Crippen LogP contribution is -2.28. The highest BCUT2D eigenvalue weighted by Gasteiger charge is 2.33. The van der Waals surface area contributed by atoms with Gasteiger partial charge in [0.2, 0.25) is 0 Å². The Balaban J connectivity index is 2.24. The van der Waals surface area contributed by atoms with Crippen molar-refractivity contribution < 1.29 is 0 Å². The molecule has 0 aromatic heterocycles. The molecule has 0 radical (unpaired) electrons. The molecule has 1 aliphatic rings. The van der Waals surface area contributed by atoms with Gasteiger partial charge in [0.25, 0.3) is 0 Å². The van der Waals surface area contributed by atoms with Gasteiger partial charge in [-0.15, -0.1) is 0 Å². The normalized spacial score (nSPS) is 32.4. The van der Waals surface area contributed by atoms with Gasteiger partial charge in [-0.25, -0.2) is 0 Å². The van der Waals surface area contributed by atoms with Crippen molar-refractivity contribution in [3.8, 4) is 0 Å². The Hall–Kier alpha value is 0.310. The summed E-state index contributed by atoms with van der Waals surface area (Å²) in [7, 11) is 0. The average Bonchev–Trinajstić information content (AvgIpc) is 2.55. The zero-order valence-corrected chi connectivity index (χ0v) is 10.8. The van der Waals surface area contributed by atoms with E-state index in [-0.39, 0.29) is 0 Å². The van der Waals surface area contributed by atoms with Crippen molar-refractivity contribution in [3.63, 3.8) is 0 Å². The summed E-state index contributed by atoms with van der Waals surface area (Å²) in [5, 5.41) is 3.66. The highest BCUT2D eigenvalue weighted by molar-refractivity contribution is 7.98. The van der Waals surface area contributed by atoms with Crippen molar-refractivity contribution in [1.29, 1.82) is 0 Å². The monoisotopic (exact) mass is 215 g/mol. The van der Waals surface area contributed by atoms with Gasteiger partial charge in [-0.1, -0.05) is 13.8 Å². The Kier molecular flexibility index (Phi) is 5.32. The fraction of sp³-hybridized carbons (Fsp3) is 1.00. The smallest absolute Gasteiger partial charge is 0.00724 e. The van der Waals surface area contributed by atoms with Crippen LogP contribution in [0.15, 0.2) is 0 Å². The molecule has 2 atom stereocenters. The number of hydrogen-bond donors (Lipinski definition) is 1. The van der Waals surface area contributed by atoms with E-state index in [0.29, 0.717) is 5.41 Å². The summed E-state index contributed by atoms with van der Waals surface area (Å²) in [6, 6.07) is 0.807. The standard InChI is InChI=1S/C12H25NS/c1-4-8-13-11-5-6-12(2,10-11)7-9-14-3/h11,13H,4-10H2,1-3H3. The van der Waals surface area contributed by atoms with E-state index >= 15 is 0 Å². The van der Waals surface area contributed by atoms with Gasteiger partial charge < -0.3 is 5.32 Å². The third kappa shape index (κ3) is 3.82. The molecule has 0 aliphatic heterocycles. The largest absolute Gasteiger partial charge is 0.314 e. The summed E-state index contributed by atoms with van der Waals surface area (Å²) in [5.74, 6) is 1.33. The minimum Gasteiger partial charge on any atom is -0.314 e. The van der Waals surface area contributed by atoms with Crippen molar-refractivity contribution in [2.75, 3.05) is 18.6 Å². The van der Waals surface area contributed by atoms with Gasteiger partial charge in [0.1, 0.15) is 0 Å². The molecule has 0 amide bonds. The lowest BCUT2D eigenvalue weighted by molar-refractivity contribution is 0.315. The fourth-order valence-corrected chi connectivity index (χ4v) is 3.12. The minimum atomic E-state index is 0.633. The van der Waals surface area contributed by atoms with E-state index in [1.54, 1.807) is 0 Å². The van der Waals surface area contributed by atoms with E-state index in [4.69, 9.17) is 0 Å². The van der Waals surface area contributed by atoms with Gasteiger partial charge in [0.15, 0.2) is 0 Å². The van der Waals surface area contributed by atoms with Crippen molar-refractivity contribution in [2.24, 2.45) is 5.41 Å². The van der Waals surface area contributed by atoms with Crippen molar-refractivity contribution >= 4 is 11.8 Å². The molecule has 1 rings (SSSR count). The Morgan fingerprint density at radius 1 is 1.50 bits per heavy atom. The van der Waals surface area contributed by atoms with Crippen LogP contribution < -0.4 is 5.32 Å². The molecule has 0 aromatic carbocycles. The zero-order chi connectivity index (χ0) is 10.4. The van der Waals surface area contributed by atoms with Gasteiger partial charge in [0.05, 0.1) is 0 Å². The molecule has 1 nitrogen and oxygen atoms in total. The third-order valence-corrected chi connectivity index (χ3v) is 4.04. The quantitative estimate of drug-likeness (QED) is 0.729. The second kappa shape index (κ2) is 6.02. The molecule has 1 fully saturated rings. The maximum absolute atomic E-state index is 3.66. The molecule has 0 bridgehead atoms. The van der Waals surface area contributed by atoms with Crippen LogP contribution in [0, 0.1) is 5.41 Å². The van der Waals surface area contributed by atoms with E-state index < -0.39 is 0 Å². The third-order valence-electron chi connectivity index (χ3n) is 3.43. The SMILES string of the molecule is CCCNC1CCC(C)(CCSC)C1. The Morgan fingerprint density at radius 2 is 2.29 bits per heavy atom. The number of hydrogen-bond acceptors (Lipinski definition) is 2. The highest BCUT2D eigenvalue weighted by Crippen LogP contribution is 2.41. The molecule has 14 heavy (non-hydrogen) atoms. The van der Waals surface area contributed by atoms with Crippen LogP contribution >= 0.6 is 11.8 Å². The summed E-state index contributed by atoms with van der Waals surface area (Å²) in [6.07, 6.45) is 9.09. The number of nitrogens with one attached hydrogen (secondary N) is 1. The minimum absolute atomic E-state index is 0.633. The van der Waals surface area contributed by atoms with Crippen molar-refractivity contribution in [2.45, 2.75) is 52.0 Å². The Morgan fingerprint density at radius 3 is 2.93 bits per heavy atom. The molecule has 1 saturated carbocycles. The molecule has 0 saturated heterocycles. The van der Waals surface area contributed by atoms with E-state index in [1.807, 2.05) is 11.8 Å². The molecule has 2 heteroatoms. The second-order valence-corrected chi connectivity index (χ2v) is 5.93. The van der Waals surface area contributed by atoms with E-state index in [1.165, 1.54) is 44.4 Å². The van der Waals surface area contributed by atoms with Gasteiger partial charge in [0, 0.05) is 6.04 Å². The average molecular weight is 215 g/mol. The van der Waals surface area contributed by atoms with E-state index in [2.05, 4.69) is 25.4 Å². The molecular formula is C12H25NS. The first-order valence-electron chi connectivity index (χ1n) is 5.92. The molecule has 0 aromatic rings. The van der Waals surface area contributed by atoms with Crippen LogP contribution in [0.2, 0.25) is 0 Å². The molecule has 0 heterocycles. The summed E-state index contributed by atoms with van der Waals surface area (Å²) >= 11 is 1.99. The predicted molar refractivity (Wildman–Crippen MR) is 67.0 cm³/mol. The lowest BCUT2D eigenvalue weighted by atomic mass is 9.86. The van der Waals surface area contributed by atoms with Crippen LogP contribution in [-0.4, -0.2) is 24.6 Å². The van der Waals surface area contributed by atoms with Crippen molar-refractivity contribution in [3.05, 3.63) is 0 Å². The highest BCUT2D eigenvalue weighted by atomic mass is 32.2. The molecule has 0 spiro atoms. The maximum Gasteiger partial charge on any atom is 0.00724 e. The van der Waals surface area contributed by atoms with Crippen LogP contribution in [0.1, 0.15) is 46.0 Å². The zero-order valence-electron chi connectivity index (χ0n) is 9.94. The summed E-state index contributed by atoms with van der Waals surface area (Å²) in [5.41, 5.74) is 0.633. The van der Waals surface area contributed by atoms with Gasteiger partial charge in [-0.05, 0) is 56.1 Å². The van der Waals surface area contributed by atoms with Gasteiger partial charge in [-0.3, -0.25) is 0 Å².